The standard InChI is InChI=1S/C21H19ClN2O2/c1-15-20(24-21(26-15)18-6-2-3-7-19(18)22)12-14-25-17-10-8-16(9-11-17)5-4-13-23/h2-3,6-11H,4-5,12,14H2,1H3. The van der Waals surface area contributed by atoms with Crippen LogP contribution in [0.2, 0.25) is 5.02 Å². The van der Waals surface area contributed by atoms with Crippen LogP contribution in [0.1, 0.15) is 23.4 Å². The van der Waals surface area contributed by atoms with E-state index in [0.29, 0.717) is 30.4 Å². The van der Waals surface area contributed by atoms with Crippen LogP contribution in [0, 0.1) is 18.3 Å². The van der Waals surface area contributed by atoms with E-state index in [-0.39, 0.29) is 0 Å². The summed E-state index contributed by atoms with van der Waals surface area (Å²) < 4.78 is 11.6. The van der Waals surface area contributed by atoms with Crippen molar-refractivity contribution in [3.05, 3.63) is 70.6 Å². The van der Waals surface area contributed by atoms with E-state index in [0.717, 1.165) is 34.8 Å². The second-order valence-corrected chi connectivity index (χ2v) is 6.31. The van der Waals surface area contributed by atoms with Crippen molar-refractivity contribution in [3.8, 4) is 23.3 Å². The van der Waals surface area contributed by atoms with Crippen LogP contribution in [0.3, 0.4) is 0 Å². The average Bonchev–Trinajstić information content (AvgIpc) is 3.02. The summed E-state index contributed by atoms with van der Waals surface area (Å²) in [4.78, 5) is 4.56. The molecule has 0 fully saturated rings. The number of nitriles is 1. The summed E-state index contributed by atoms with van der Waals surface area (Å²) in [5, 5.41) is 9.24. The van der Waals surface area contributed by atoms with Crippen molar-refractivity contribution in [2.75, 3.05) is 6.61 Å². The largest absolute Gasteiger partial charge is 0.493 e. The van der Waals surface area contributed by atoms with Gasteiger partial charge in [-0.3, -0.25) is 0 Å². The van der Waals surface area contributed by atoms with Crippen LogP contribution in [0.15, 0.2) is 52.9 Å². The Morgan fingerprint density at radius 1 is 1.12 bits per heavy atom. The number of ether oxygens (including phenoxy) is 1. The lowest BCUT2D eigenvalue weighted by Crippen LogP contribution is -2.02. The minimum atomic E-state index is 0.507. The van der Waals surface area contributed by atoms with Crippen LogP contribution in [-0.2, 0) is 12.8 Å². The summed E-state index contributed by atoms with van der Waals surface area (Å²) in [6.07, 6.45) is 1.94. The number of rotatable bonds is 7. The minimum absolute atomic E-state index is 0.507. The quantitative estimate of drug-likeness (QED) is 0.563. The molecule has 0 unspecified atom stereocenters. The highest BCUT2D eigenvalue weighted by Crippen LogP contribution is 2.28. The molecule has 0 atom stereocenters. The first kappa shape index (κ1) is 18.0. The third-order valence-electron chi connectivity index (χ3n) is 4.05. The number of aryl methyl sites for hydroxylation is 2. The lowest BCUT2D eigenvalue weighted by atomic mass is 10.1. The predicted molar refractivity (Wildman–Crippen MR) is 101 cm³/mol. The third kappa shape index (κ3) is 4.44. The van der Waals surface area contributed by atoms with Crippen LogP contribution in [0.25, 0.3) is 11.5 Å². The van der Waals surface area contributed by atoms with Gasteiger partial charge < -0.3 is 9.15 Å². The predicted octanol–water partition coefficient (Wildman–Crippen LogP) is 5.38. The maximum absolute atomic E-state index is 8.62. The van der Waals surface area contributed by atoms with Gasteiger partial charge in [0, 0.05) is 12.8 Å². The van der Waals surface area contributed by atoms with Crippen LogP contribution < -0.4 is 4.74 Å². The van der Waals surface area contributed by atoms with Gasteiger partial charge in [0.15, 0.2) is 0 Å². The number of oxazole rings is 1. The van der Waals surface area contributed by atoms with E-state index in [2.05, 4.69) is 11.1 Å². The van der Waals surface area contributed by atoms with Crippen molar-refractivity contribution < 1.29 is 9.15 Å². The lowest BCUT2D eigenvalue weighted by Gasteiger charge is -2.06. The lowest BCUT2D eigenvalue weighted by molar-refractivity contribution is 0.320. The summed E-state index contributed by atoms with van der Waals surface area (Å²) in [5.41, 5.74) is 2.79. The fraction of sp³-hybridized carbons (Fsp3) is 0.238. The molecule has 1 heterocycles. The van der Waals surface area contributed by atoms with Gasteiger partial charge in [-0.05, 0) is 43.2 Å². The van der Waals surface area contributed by atoms with E-state index in [4.69, 9.17) is 26.0 Å². The van der Waals surface area contributed by atoms with Gasteiger partial charge in [0.05, 0.1) is 29.0 Å². The number of hydrogen-bond acceptors (Lipinski definition) is 4. The van der Waals surface area contributed by atoms with Gasteiger partial charge in [-0.15, -0.1) is 0 Å². The molecule has 0 amide bonds. The summed E-state index contributed by atoms with van der Waals surface area (Å²) in [5.74, 6) is 2.11. The van der Waals surface area contributed by atoms with Crippen molar-refractivity contribution in [3.63, 3.8) is 0 Å². The smallest absolute Gasteiger partial charge is 0.228 e. The van der Waals surface area contributed by atoms with E-state index in [1.807, 2.05) is 55.5 Å². The van der Waals surface area contributed by atoms with Gasteiger partial charge in [0.2, 0.25) is 5.89 Å². The van der Waals surface area contributed by atoms with Crippen molar-refractivity contribution in [2.45, 2.75) is 26.2 Å². The molecule has 3 rings (SSSR count). The monoisotopic (exact) mass is 366 g/mol. The SMILES string of the molecule is Cc1oc(-c2ccccc2Cl)nc1CCOc1ccc(CCC#N)cc1. The summed E-state index contributed by atoms with van der Waals surface area (Å²) in [6, 6.07) is 17.5. The van der Waals surface area contributed by atoms with Gasteiger partial charge in [0.1, 0.15) is 11.5 Å². The Balaban J connectivity index is 1.59. The van der Waals surface area contributed by atoms with Crippen LogP contribution in [0.4, 0.5) is 0 Å². The first-order valence-electron chi connectivity index (χ1n) is 8.47. The molecule has 5 heteroatoms. The maximum Gasteiger partial charge on any atom is 0.228 e. The number of hydrogen-bond donors (Lipinski definition) is 0. The molecule has 4 nitrogen and oxygen atoms in total. The zero-order chi connectivity index (χ0) is 18.4. The molecule has 0 saturated carbocycles. The van der Waals surface area contributed by atoms with Crippen molar-refractivity contribution >= 4 is 11.6 Å². The summed E-state index contributed by atoms with van der Waals surface area (Å²) >= 11 is 6.21. The van der Waals surface area contributed by atoms with Gasteiger partial charge in [-0.1, -0.05) is 35.9 Å². The van der Waals surface area contributed by atoms with Gasteiger partial charge in [-0.2, -0.15) is 5.26 Å². The molecule has 0 N–H and O–H groups in total. The highest BCUT2D eigenvalue weighted by atomic mass is 35.5. The highest BCUT2D eigenvalue weighted by molar-refractivity contribution is 6.33. The number of aromatic nitrogens is 1. The molecule has 0 aliphatic heterocycles. The molecule has 0 aliphatic carbocycles. The topological polar surface area (TPSA) is 59.1 Å². The van der Waals surface area contributed by atoms with Crippen molar-refractivity contribution in [1.82, 2.24) is 4.98 Å². The van der Waals surface area contributed by atoms with Crippen LogP contribution in [-0.4, -0.2) is 11.6 Å². The molecule has 3 aromatic rings. The van der Waals surface area contributed by atoms with E-state index < -0.39 is 0 Å². The molecule has 2 aromatic carbocycles. The molecule has 132 valence electrons. The van der Waals surface area contributed by atoms with E-state index in [1.54, 1.807) is 0 Å². The molecular formula is C21H19ClN2O2. The first-order chi connectivity index (χ1) is 12.7. The molecule has 26 heavy (non-hydrogen) atoms. The zero-order valence-corrected chi connectivity index (χ0v) is 15.3. The fourth-order valence-corrected chi connectivity index (χ4v) is 2.84. The normalized spacial score (nSPS) is 10.5. The highest BCUT2D eigenvalue weighted by Gasteiger charge is 2.13. The first-order valence-corrected chi connectivity index (χ1v) is 8.85. The Kier molecular flexibility index (Phi) is 5.93. The van der Waals surface area contributed by atoms with Crippen LogP contribution in [0.5, 0.6) is 5.75 Å². The third-order valence-corrected chi connectivity index (χ3v) is 4.38. The number of benzene rings is 2. The Morgan fingerprint density at radius 2 is 1.88 bits per heavy atom. The Bertz CT molecular complexity index is 911. The maximum atomic E-state index is 8.62. The van der Waals surface area contributed by atoms with Crippen LogP contribution >= 0.6 is 11.6 Å². The van der Waals surface area contributed by atoms with Gasteiger partial charge in [0.25, 0.3) is 0 Å². The Hall–Kier alpha value is -2.77. The molecule has 0 spiro atoms. The van der Waals surface area contributed by atoms with Crippen molar-refractivity contribution in [1.29, 1.82) is 5.26 Å². The molecule has 1 aromatic heterocycles. The second-order valence-electron chi connectivity index (χ2n) is 5.90. The number of nitrogens with zero attached hydrogens (tertiary/aromatic N) is 2. The summed E-state index contributed by atoms with van der Waals surface area (Å²) in [6.45, 7) is 2.40. The molecule has 0 aliphatic rings. The average molecular weight is 367 g/mol. The Morgan fingerprint density at radius 3 is 2.62 bits per heavy atom. The molecule has 0 radical (unpaired) electrons. The summed E-state index contributed by atoms with van der Waals surface area (Å²) in [7, 11) is 0. The second kappa shape index (κ2) is 8.55. The van der Waals surface area contributed by atoms with E-state index in [1.165, 1.54) is 0 Å². The van der Waals surface area contributed by atoms with Crippen molar-refractivity contribution in [2.24, 2.45) is 0 Å². The number of halogens is 1. The van der Waals surface area contributed by atoms with E-state index in [9.17, 15) is 0 Å². The molecular weight excluding hydrogens is 348 g/mol. The molecule has 0 bridgehead atoms. The molecule has 0 saturated heterocycles. The van der Waals surface area contributed by atoms with Gasteiger partial charge >= 0.3 is 0 Å². The Labute approximate surface area is 158 Å². The fourth-order valence-electron chi connectivity index (χ4n) is 2.63. The van der Waals surface area contributed by atoms with Gasteiger partial charge in [-0.25, -0.2) is 4.98 Å². The van der Waals surface area contributed by atoms with E-state index >= 15 is 0 Å². The zero-order valence-electron chi connectivity index (χ0n) is 14.5. The minimum Gasteiger partial charge on any atom is -0.493 e.